The van der Waals surface area contributed by atoms with Crippen LogP contribution in [0.25, 0.3) is 0 Å². The summed E-state index contributed by atoms with van der Waals surface area (Å²) >= 11 is 3.36. The Morgan fingerprint density at radius 1 is 1.19 bits per heavy atom. The Labute approximate surface area is 133 Å². The molecule has 0 fully saturated rings. The molecule has 21 heavy (non-hydrogen) atoms. The van der Waals surface area contributed by atoms with Crippen LogP contribution < -0.4 is 9.46 Å². The first-order valence-corrected chi connectivity index (χ1v) is 8.70. The molecule has 0 aliphatic rings. The molecule has 0 bridgehead atoms. The number of rotatable bonds is 5. The summed E-state index contributed by atoms with van der Waals surface area (Å²) in [6, 6.07) is 12.0. The van der Waals surface area contributed by atoms with E-state index in [0.717, 1.165) is 10.0 Å². The molecule has 112 valence electrons. The second-order valence-electron chi connectivity index (χ2n) is 4.41. The third-order valence-corrected chi connectivity index (χ3v) is 5.00. The molecule has 2 aromatic rings. The maximum absolute atomic E-state index is 12.6. The van der Waals surface area contributed by atoms with Gasteiger partial charge in [0.05, 0.1) is 17.7 Å². The van der Waals surface area contributed by atoms with E-state index in [0.29, 0.717) is 17.9 Å². The van der Waals surface area contributed by atoms with Gasteiger partial charge in [0.15, 0.2) is 0 Å². The smallest absolute Gasteiger partial charge is 0.262 e. The number of ether oxygens (including phenoxy) is 1. The highest BCUT2D eigenvalue weighted by Crippen LogP contribution is 2.28. The fraction of sp³-hybridized carbons (Fsp3) is 0.200. The number of aryl methyl sites for hydroxylation is 1. The monoisotopic (exact) mass is 369 g/mol. The number of anilines is 1. The predicted molar refractivity (Wildman–Crippen MR) is 87.3 cm³/mol. The molecule has 0 spiro atoms. The van der Waals surface area contributed by atoms with E-state index in [9.17, 15) is 8.42 Å². The van der Waals surface area contributed by atoms with Crippen LogP contribution >= 0.6 is 15.9 Å². The Balaban J connectivity index is 2.43. The molecule has 0 atom stereocenters. The van der Waals surface area contributed by atoms with Crippen LogP contribution in [0.4, 0.5) is 5.69 Å². The summed E-state index contributed by atoms with van der Waals surface area (Å²) in [7, 11) is -2.15. The molecule has 0 aliphatic carbocycles. The zero-order valence-electron chi connectivity index (χ0n) is 11.8. The maximum atomic E-state index is 12.6. The Bertz CT molecular complexity index is 744. The van der Waals surface area contributed by atoms with Crippen molar-refractivity contribution in [2.75, 3.05) is 11.8 Å². The van der Waals surface area contributed by atoms with Gasteiger partial charge in [0, 0.05) is 4.47 Å². The van der Waals surface area contributed by atoms with E-state index in [1.54, 1.807) is 36.4 Å². The Morgan fingerprint density at radius 3 is 2.57 bits per heavy atom. The maximum Gasteiger partial charge on any atom is 0.262 e. The molecule has 2 aromatic carbocycles. The van der Waals surface area contributed by atoms with Crippen molar-refractivity contribution in [3.05, 3.63) is 52.5 Å². The van der Waals surface area contributed by atoms with Crippen molar-refractivity contribution in [1.29, 1.82) is 0 Å². The highest BCUT2D eigenvalue weighted by molar-refractivity contribution is 9.10. The second kappa shape index (κ2) is 6.49. The topological polar surface area (TPSA) is 55.4 Å². The lowest BCUT2D eigenvalue weighted by molar-refractivity contribution is 0.417. The number of methoxy groups -OCH3 is 1. The van der Waals surface area contributed by atoms with Gasteiger partial charge in [-0.25, -0.2) is 8.42 Å². The van der Waals surface area contributed by atoms with Crippen molar-refractivity contribution in [2.45, 2.75) is 18.2 Å². The van der Waals surface area contributed by atoms with Gasteiger partial charge in [-0.3, -0.25) is 4.72 Å². The lowest BCUT2D eigenvalue weighted by Gasteiger charge is -2.14. The van der Waals surface area contributed by atoms with Gasteiger partial charge in [0.2, 0.25) is 0 Å². The van der Waals surface area contributed by atoms with Gasteiger partial charge in [0.1, 0.15) is 5.75 Å². The van der Waals surface area contributed by atoms with Crippen LogP contribution in [0.5, 0.6) is 5.75 Å². The summed E-state index contributed by atoms with van der Waals surface area (Å²) in [4.78, 5) is 0.277. The van der Waals surface area contributed by atoms with E-state index < -0.39 is 10.0 Å². The fourth-order valence-corrected chi connectivity index (χ4v) is 3.79. The van der Waals surface area contributed by atoms with Crippen molar-refractivity contribution in [3.63, 3.8) is 0 Å². The molecule has 0 saturated carbocycles. The van der Waals surface area contributed by atoms with Gasteiger partial charge in [-0.2, -0.15) is 0 Å². The number of sulfonamides is 1. The molecule has 0 aliphatic heterocycles. The van der Waals surface area contributed by atoms with E-state index in [1.807, 2.05) is 13.0 Å². The summed E-state index contributed by atoms with van der Waals surface area (Å²) in [6.45, 7) is 1.92. The summed E-state index contributed by atoms with van der Waals surface area (Å²) in [5.74, 6) is 0.483. The van der Waals surface area contributed by atoms with Crippen molar-refractivity contribution in [2.24, 2.45) is 0 Å². The summed E-state index contributed by atoms with van der Waals surface area (Å²) in [5.41, 5.74) is 1.18. The number of para-hydroxylation sites is 2. The predicted octanol–water partition coefficient (Wildman–Crippen LogP) is 3.82. The number of benzene rings is 2. The van der Waals surface area contributed by atoms with E-state index >= 15 is 0 Å². The molecule has 0 unspecified atom stereocenters. The minimum Gasteiger partial charge on any atom is -0.495 e. The minimum atomic E-state index is -3.66. The van der Waals surface area contributed by atoms with Crippen LogP contribution in [0.1, 0.15) is 12.5 Å². The van der Waals surface area contributed by atoms with Gasteiger partial charge < -0.3 is 4.74 Å². The summed E-state index contributed by atoms with van der Waals surface area (Å²) in [5, 5.41) is 0. The molecule has 0 saturated heterocycles. The number of hydrogen-bond acceptors (Lipinski definition) is 3. The molecule has 2 rings (SSSR count). The molecule has 6 heteroatoms. The molecule has 0 radical (unpaired) electrons. The Hall–Kier alpha value is -1.53. The number of nitrogens with one attached hydrogen (secondary N) is 1. The number of halogens is 1. The molecule has 1 N–H and O–H groups in total. The van der Waals surface area contributed by atoms with Crippen LogP contribution in [0.2, 0.25) is 0 Å². The zero-order chi connectivity index (χ0) is 15.5. The van der Waals surface area contributed by atoms with Gasteiger partial charge >= 0.3 is 0 Å². The highest BCUT2D eigenvalue weighted by atomic mass is 79.9. The van der Waals surface area contributed by atoms with Crippen LogP contribution in [0.3, 0.4) is 0 Å². The largest absolute Gasteiger partial charge is 0.495 e. The quantitative estimate of drug-likeness (QED) is 0.871. The second-order valence-corrected chi connectivity index (χ2v) is 6.98. The number of hydrogen-bond donors (Lipinski definition) is 1. The molecule has 0 aromatic heterocycles. The minimum absolute atomic E-state index is 0.277. The summed E-state index contributed by atoms with van der Waals surface area (Å²) in [6.07, 6.45) is 0.627. The highest BCUT2D eigenvalue weighted by Gasteiger charge is 2.19. The first-order valence-electron chi connectivity index (χ1n) is 6.42. The van der Waals surface area contributed by atoms with Gasteiger partial charge in [0.25, 0.3) is 10.0 Å². The molecule has 0 amide bonds. The molecular weight excluding hydrogens is 354 g/mol. The molecule has 0 heterocycles. The summed E-state index contributed by atoms with van der Waals surface area (Å²) < 4.78 is 33.8. The van der Waals surface area contributed by atoms with Gasteiger partial charge in [-0.05, 0) is 42.3 Å². The first kappa shape index (κ1) is 15.9. The first-order chi connectivity index (χ1) is 9.97. The van der Waals surface area contributed by atoms with Gasteiger partial charge in [-0.15, -0.1) is 0 Å². The lowest BCUT2D eigenvalue weighted by Crippen LogP contribution is -2.15. The fourth-order valence-electron chi connectivity index (χ4n) is 2.02. The molecular formula is C15H16BrNO3S. The van der Waals surface area contributed by atoms with Crippen LogP contribution in [-0.4, -0.2) is 15.5 Å². The van der Waals surface area contributed by atoms with Crippen molar-refractivity contribution in [3.8, 4) is 5.75 Å². The van der Waals surface area contributed by atoms with E-state index in [2.05, 4.69) is 20.7 Å². The van der Waals surface area contributed by atoms with Crippen molar-refractivity contribution >= 4 is 31.6 Å². The molecule has 4 nitrogen and oxygen atoms in total. The van der Waals surface area contributed by atoms with Crippen LogP contribution in [0.15, 0.2) is 51.8 Å². The lowest BCUT2D eigenvalue weighted by atomic mass is 10.2. The van der Waals surface area contributed by atoms with E-state index in [-0.39, 0.29) is 4.90 Å². The van der Waals surface area contributed by atoms with E-state index in [4.69, 9.17) is 4.74 Å². The standard InChI is InChI=1S/C15H16BrNO3S/c1-3-11-10-12(16)8-9-15(11)21(18,19)17-13-6-4-5-7-14(13)20-2/h4-10,17H,3H2,1-2H3. The van der Waals surface area contributed by atoms with Crippen molar-refractivity contribution < 1.29 is 13.2 Å². The SMILES string of the molecule is CCc1cc(Br)ccc1S(=O)(=O)Nc1ccccc1OC. The van der Waals surface area contributed by atoms with Crippen LogP contribution in [0, 0.1) is 0 Å². The van der Waals surface area contributed by atoms with Crippen molar-refractivity contribution in [1.82, 2.24) is 0 Å². The van der Waals surface area contributed by atoms with Gasteiger partial charge in [-0.1, -0.05) is 35.0 Å². The third-order valence-electron chi connectivity index (χ3n) is 3.04. The average molecular weight is 370 g/mol. The average Bonchev–Trinajstić information content (AvgIpc) is 2.47. The van der Waals surface area contributed by atoms with E-state index in [1.165, 1.54) is 7.11 Å². The Morgan fingerprint density at radius 2 is 1.90 bits per heavy atom. The zero-order valence-corrected chi connectivity index (χ0v) is 14.2. The third kappa shape index (κ3) is 3.57. The Kier molecular flexibility index (Phi) is 4.90. The van der Waals surface area contributed by atoms with Crippen LogP contribution in [-0.2, 0) is 16.4 Å². The normalized spacial score (nSPS) is 11.2.